The van der Waals surface area contributed by atoms with Crippen molar-refractivity contribution in [2.24, 2.45) is 0 Å². The maximum atomic E-state index is 12.2. The summed E-state index contributed by atoms with van der Waals surface area (Å²) in [5.74, 6) is 0.154. The van der Waals surface area contributed by atoms with Crippen molar-refractivity contribution in [1.29, 1.82) is 0 Å². The fourth-order valence-corrected chi connectivity index (χ4v) is 4.00. The standard InChI is InChI=1S/C28H24N2O2S/c31-27(29-25-15-11-23(12-16-25)21-7-3-1-4-8-21)19-33-20-28(32)30-26-17-13-24(14-18-26)22-9-5-2-6-10-22/h1-18H,19-20H2,(H,29,31)(H,30,32). The van der Waals surface area contributed by atoms with Crippen molar-refractivity contribution in [2.75, 3.05) is 22.1 Å². The molecular weight excluding hydrogens is 428 g/mol. The first-order valence-corrected chi connectivity index (χ1v) is 11.8. The average Bonchev–Trinajstić information content (AvgIpc) is 2.86. The van der Waals surface area contributed by atoms with Crippen molar-refractivity contribution in [2.45, 2.75) is 0 Å². The lowest BCUT2D eigenvalue weighted by Crippen LogP contribution is -2.18. The Hall–Kier alpha value is -3.83. The van der Waals surface area contributed by atoms with E-state index in [1.54, 1.807) is 0 Å². The van der Waals surface area contributed by atoms with Gasteiger partial charge in [-0.2, -0.15) is 0 Å². The van der Waals surface area contributed by atoms with Gasteiger partial charge in [0.15, 0.2) is 0 Å². The molecule has 5 heteroatoms. The van der Waals surface area contributed by atoms with Gasteiger partial charge in [0.2, 0.25) is 11.8 Å². The minimum Gasteiger partial charge on any atom is -0.325 e. The van der Waals surface area contributed by atoms with Crippen molar-refractivity contribution in [1.82, 2.24) is 0 Å². The first-order chi connectivity index (χ1) is 16.2. The van der Waals surface area contributed by atoms with E-state index in [2.05, 4.69) is 10.6 Å². The Morgan fingerprint density at radius 1 is 0.485 bits per heavy atom. The maximum Gasteiger partial charge on any atom is 0.234 e. The Morgan fingerprint density at radius 2 is 0.818 bits per heavy atom. The van der Waals surface area contributed by atoms with Gasteiger partial charge in [-0.05, 0) is 46.5 Å². The lowest BCUT2D eigenvalue weighted by molar-refractivity contribution is -0.114. The van der Waals surface area contributed by atoms with Gasteiger partial charge in [-0.1, -0.05) is 84.9 Å². The maximum absolute atomic E-state index is 12.2. The van der Waals surface area contributed by atoms with E-state index in [9.17, 15) is 9.59 Å². The first-order valence-electron chi connectivity index (χ1n) is 10.7. The van der Waals surface area contributed by atoms with Gasteiger partial charge in [-0.25, -0.2) is 0 Å². The highest BCUT2D eigenvalue weighted by Crippen LogP contribution is 2.22. The van der Waals surface area contributed by atoms with Crippen LogP contribution in [0.3, 0.4) is 0 Å². The average molecular weight is 453 g/mol. The molecule has 0 heterocycles. The van der Waals surface area contributed by atoms with Crippen LogP contribution in [0.5, 0.6) is 0 Å². The van der Waals surface area contributed by atoms with Crippen LogP contribution in [0, 0.1) is 0 Å². The van der Waals surface area contributed by atoms with Crippen LogP contribution in [0.4, 0.5) is 11.4 Å². The van der Waals surface area contributed by atoms with Gasteiger partial charge in [0.05, 0.1) is 11.5 Å². The molecule has 4 aromatic carbocycles. The van der Waals surface area contributed by atoms with Crippen molar-refractivity contribution in [3.63, 3.8) is 0 Å². The Kier molecular flexibility index (Phi) is 7.56. The second-order valence-corrected chi connectivity index (χ2v) is 8.46. The predicted octanol–water partition coefficient (Wildman–Crippen LogP) is 6.33. The number of carbonyl (C=O) groups excluding carboxylic acids is 2. The number of hydrogen-bond donors (Lipinski definition) is 2. The molecule has 0 saturated heterocycles. The number of hydrogen-bond acceptors (Lipinski definition) is 3. The molecule has 2 N–H and O–H groups in total. The van der Waals surface area contributed by atoms with Gasteiger partial charge in [-0.15, -0.1) is 11.8 Å². The third kappa shape index (κ3) is 6.57. The van der Waals surface area contributed by atoms with E-state index in [0.717, 1.165) is 33.6 Å². The smallest absolute Gasteiger partial charge is 0.234 e. The number of thioether (sulfide) groups is 1. The topological polar surface area (TPSA) is 58.2 Å². The SMILES string of the molecule is O=C(CSCC(=O)Nc1ccc(-c2ccccc2)cc1)Nc1ccc(-c2ccccc2)cc1. The number of benzene rings is 4. The third-order valence-electron chi connectivity index (χ3n) is 5.02. The Balaban J connectivity index is 1.20. The van der Waals surface area contributed by atoms with Crippen molar-refractivity contribution in [3.8, 4) is 22.3 Å². The van der Waals surface area contributed by atoms with E-state index in [4.69, 9.17) is 0 Å². The highest BCUT2D eigenvalue weighted by Gasteiger charge is 2.07. The van der Waals surface area contributed by atoms with Crippen LogP contribution in [-0.4, -0.2) is 23.3 Å². The normalized spacial score (nSPS) is 10.4. The molecular formula is C28H24N2O2S. The molecule has 4 nitrogen and oxygen atoms in total. The lowest BCUT2D eigenvalue weighted by atomic mass is 10.1. The number of anilines is 2. The van der Waals surface area contributed by atoms with Crippen LogP contribution in [0.25, 0.3) is 22.3 Å². The van der Waals surface area contributed by atoms with E-state index >= 15 is 0 Å². The van der Waals surface area contributed by atoms with Gasteiger partial charge in [-0.3, -0.25) is 9.59 Å². The van der Waals surface area contributed by atoms with Crippen molar-refractivity contribution in [3.05, 3.63) is 109 Å². The summed E-state index contributed by atoms with van der Waals surface area (Å²) in [4.78, 5) is 24.4. The summed E-state index contributed by atoms with van der Waals surface area (Å²) in [7, 11) is 0. The largest absolute Gasteiger partial charge is 0.325 e. The fraction of sp³-hybridized carbons (Fsp3) is 0.0714. The van der Waals surface area contributed by atoms with Crippen LogP contribution >= 0.6 is 11.8 Å². The Morgan fingerprint density at radius 3 is 1.18 bits per heavy atom. The van der Waals surface area contributed by atoms with Crippen LogP contribution < -0.4 is 10.6 Å². The Labute approximate surface area is 198 Å². The van der Waals surface area contributed by atoms with E-state index < -0.39 is 0 Å². The highest BCUT2D eigenvalue weighted by molar-refractivity contribution is 8.00. The van der Waals surface area contributed by atoms with Gasteiger partial charge in [0.25, 0.3) is 0 Å². The summed E-state index contributed by atoms with van der Waals surface area (Å²) in [6.07, 6.45) is 0. The molecule has 0 fully saturated rings. The molecule has 0 aliphatic heterocycles. The molecule has 0 unspecified atom stereocenters. The van der Waals surface area contributed by atoms with Gasteiger partial charge in [0.1, 0.15) is 0 Å². The molecule has 164 valence electrons. The minimum absolute atomic E-state index is 0.132. The van der Waals surface area contributed by atoms with Gasteiger partial charge >= 0.3 is 0 Å². The monoisotopic (exact) mass is 452 g/mol. The number of rotatable bonds is 8. The summed E-state index contributed by atoms with van der Waals surface area (Å²) in [6.45, 7) is 0. The zero-order chi connectivity index (χ0) is 22.9. The van der Waals surface area contributed by atoms with Crippen molar-refractivity contribution >= 4 is 35.0 Å². The number of nitrogens with one attached hydrogen (secondary N) is 2. The highest BCUT2D eigenvalue weighted by atomic mass is 32.2. The molecule has 0 aliphatic rings. The molecule has 0 aliphatic carbocycles. The van der Waals surface area contributed by atoms with E-state index in [0.29, 0.717) is 0 Å². The fourth-order valence-electron chi connectivity index (χ4n) is 3.38. The summed E-state index contributed by atoms with van der Waals surface area (Å²) in [5.41, 5.74) is 5.93. The van der Waals surface area contributed by atoms with Crippen LogP contribution in [0.1, 0.15) is 0 Å². The molecule has 0 atom stereocenters. The molecule has 4 aromatic rings. The summed E-state index contributed by atoms with van der Waals surface area (Å²) in [5, 5.41) is 5.75. The lowest BCUT2D eigenvalue weighted by Gasteiger charge is -2.08. The second kappa shape index (κ2) is 11.2. The van der Waals surface area contributed by atoms with Gasteiger partial charge in [0, 0.05) is 11.4 Å². The summed E-state index contributed by atoms with van der Waals surface area (Å²) >= 11 is 1.28. The van der Waals surface area contributed by atoms with Crippen LogP contribution in [0.2, 0.25) is 0 Å². The van der Waals surface area contributed by atoms with E-state index in [1.165, 1.54) is 11.8 Å². The molecule has 0 spiro atoms. The first kappa shape index (κ1) is 22.4. The molecule has 0 saturated carbocycles. The third-order valence-corrected chi connectivity index (χ3v) is 5.95. The predicted molar refractivity (Wildman–Crippen MR) is 138 cm³/mol. The quantitative estimate of drug-likeness (QED) is 0.328. The zero-order valence-corrected chi connectivity index (χ0v) is 18.8. The van der Waals surface area contributed by atoms with Crippen molar-refractivity contribution < 1.29 is 9.59 Å². The Bertz CT molecular complexity index is 1100. The minimum atomic E-state index is -0.132. The number of carbonyl (C=O) groups is 2. The molecule has 0 aromatic heterocycles. The molecule has 33 heavy (non-hydrogen) atoms. The molecule has 4 rings (SSSR count). The van der Waals surface area contributed by atoms with Crippen LogP contribution in [-0.2, 0) is 9.59 Å². The van der Waals surface area contributed by atoms with Crippen LogP contribution in [0.15, 0.2) is 109 Å². The summed E-state index contributed by atoms with van der Waals surface area (Å²) in [6, 6.07) is 35.6. The zero-order valence-electron chi connectivity index (χ0n) is 18.0. The molecule has 2 amide bonds. The molecule has 0 radical (unpaired) electrons. The van der Waals surface area contributed by atoms with E-state index in [-0.39, 0.29) is 23.3 Å². The van der Waals surface area contributed by atoms with Gasteiger partial charge < -0.3 is 10.6 Å². The summed E-state index contributed by atoms with van der Waals surface area (Å²) < 4.78 is 0. The van der Waals surface area contributed by atoms with E-state index in [1.807, 2.05) is 109 Å². The number of amides is 2. The second-order valence-electron chi connectivity index (χ2n) is 7.48. The molecule has 0 bridgehead atoms.